The molecule has 1 N–H and O–H groups in total. The SMILES string of the molecule is CNCCC1COCCN1C1CCS(=O)(=O)C1. The van der Waals surface area contributed by atoms with Gasteiger partial charge in [0.25, 0.3) is 0 Å². The molecule has 5 nitrogen and oxygen atoms in total. The van der Waals surface area contributed by atoms with E-state index in [1.165, 1.54) is 0 Å². The van der Waals surface area contributed by atoms with Gasteiger partial charge in [-0.15, -0.1) is 0 Å². The van der Waals surface area contributed by atoms with Gasteiger partial charge in [0.15, 0.2) is 9.84 Å². The van der Waals surface area contributed by atoms with Gasteiger partial charge >= 0.3 is 0 Å². The Hall–Kier alpha value is -0.170. The molecule has 0 saturated carbocycles. The summed E-state index contributed by atoms with van der Waals surface area (Å²) < 4.78 is 28.6. The van der Waals surface area contributed by atoms with Crippen LogP contribution in [0, 0.1) is 0 Å². The maximum absolute atomic E-state index is 11.5. The van der Waals surface area contributed by atoms with Crippen molar-refractivity contribution in [3.8, 4) is 0 Å². The number of hydrogen-bond acceptors (Lipinski definition) is 5. The van der Waals surface area contributed by atoms with Crippen molar-refractivity contribution in [2.45, 2.75) is 24.9 Å². The van der Waals surface area contributed by atoms with Gasteiger partial charge in [0.1, 0.15) is 0 Å². The zero-order valence-corrected chi connectivity index (χ0v) is 11.2. The van der Waals surface area contributed by atoms with E-state index in [4.69, 9.17) is 4.74 Å². The Balaban J connectivity index is 1.96. The van der Waals surface area contributed by atoms with Crippen LogP contribution in [0.25, 0.3) is 0 Å². The molecule has 0 amide bonds. The molecule has 2 atom stereocenters. The minimum atomic E-state index is -2.79. The highest BCUT2D eigenvalue weighted by atomic mass is 32.2. The van der Waals surface area contributed by atoms with Gasteiger partial charge in [0.05, 0.1) is 24.7 Å². The number of sulfone groups is 1. The summed E-state index contributed by atoms with van der Waals surface area (Å²) in [5.74, 6) is 0.691. The second kappa shape index (κ2) is 5.65. The maximum atomic E-state index is 11.5. The predicted molar refractivity (Wildman–Crippen MR) is 66.9 cm³/mol. The Bertz CT molecular complexity index is 345. The van der Waals surface area contributed by atoms with Crippen LogP contribution < -0.4 is 5.32 Å². The monoisotopic (exact) mass is 262 g/mol. The fourth-order valence-corrected chi connectivity index (χ4v) is 4.49. The van der Waals surface area contributed by atoms with E-state index < -0.39 is 9.84 Å². The van der Waals surface area contributed by atoms with Crippen LogP contribution in [0.2, 0.25) is 0 Å². The zero-order valence-electron chi connectivity index (χ0n) is 10.4. The van der Waals surface area contributed by atoms with Crippen molar-refractivity contribution >= 4 is 9.84 Å². The molecule has 17 heavy (non-hydrogen) atoms. The van der Waals surface area contributed by atoms with Gasteiger partial charge in [-0.1, -0.05) is 0 Å². The van der Waals surface area contributed by atoms with Crippen LogP contribution in [0.3, 0.4) is 0 Å². The Morgan fingerprint density at radius 3 is 2.94 bits per heavy atom. The van der Waals surface area contributed by atoms with Crippen molar-refractivity contribution in [3.63, 3.8) is 0 Å². The average Bonchev–Trinajstić information content (AvgIpc) is 2.67. The molecule has 0 aromatic carbocycles. The summed E-state index contributed by atoms with van der Waals surface area (Å²) >= 11 is 0. The molecule has 0 radical (unpaired) electrons. The quantitative estimate of drug-likeness (QED) is 0.739. The molecule has 2 aliphatic heterocycles. The van der Waals surface area contributed by atoms with Gasteiger partial charge in [-0.25, -0.2) is 8.42 Å². The van der Waals surface area contributed by atoms with Crippen molar-refractivity contribution in [1.29, 1.82) is 0 Å². The lowest BCUT2D eigenvalue weighted by Crippen LogP contribution is -2.51. The highest BCUT2D eigenvalue weighted by Gasteiger charge is 2.36. The second-order valence-electron chi connectivity index (χ2n) is 4.92. The first-order valence-corrected chi connectivity index (χ1v) is 8.13. The highest BCUT2D eigenvalue weighted by Crippen LogP contribution is 2.22. The lowest BCUT2D eigenvalue weighted by molar-refractivity contribution is -0.0264. The largest absolute Gasteiger partial charge is 0.378 e. The van der Waals surface area contributed by atoms with E-state index in [9.17, 15) is 8.42 Å². The zero-order chi connectivity index (χ0) is 12.3. The molecule has 0 bridgehead atoms. The molecule has 2 heterocycles. The third kappa shape index (κ3) is 3.40. The number of nitrogens with one attached hydrogen (secondary N) is 1. The Morgan fingerprint density at radius 2 is 2.29 bits per heavy atom. The highest BCUT2D eigenvalue weighted by molar-refractivity contribution is 7.91. The fourth-order valence-electron chi connectivity index (χ4n) is 2.75. The summed E-state index contributed by atoms with van der Waals surface area (Å²) in [6, 6.07) is 0.584. The third-order valence-corrected chi connectivity index (χ3v) is 5.43. The van der Waals surface area contributed by atoms with Crippen LogP contribution in [0.15, 0.2) is 0 Å². The Kier molecular flexibility index (Phi) is 4.41. The lowest BCUT2D eigenvalue weighted by atomic mass is 10.1. The van der Waals surface area contributed by atoms with Crippen molar-refractivity contribution in [2.75, 3.05) is 44.9 Å². The van der Waals surface area contributed by atoms with Gasteiger partial charge in [-0.05, 0) is 26.4 Å². The topological polar surface area (TPSA) is 58.6 Å². The molecule has 0 aromatic heterocycles. The van der Waals surface area contributed by atoms with Crippen LogP contribution in [0.5, 0.6) is 0 Å². The van der Waals surface area contributed by atoms with Crippen LogP contribution >= 0.6 is 0 Å². The predicted octanol–water partition coefficient (Wildman–Crippen LogP) is -0.516. The molecule has 0 spiro atoms. The summed E-state index contributed by atoms with van der Waals surface area (Å²) in [5, 5.41) is 3.14. The molecule has 2 unspecified atom stereocenters. The minimum absolute atomic E-state index is 0.214. The van der Waals surface area contributed by atoms with E-state index >= 15 is 0 Å². The number of hydrogen-bond donors (Lipinski definition) is 1. The summed E-state index contributed by atoms with van der Waals surface area (Å²) in [6.45, 7) is 3.28. The molecular formula is C11H22N2O3S. The number of nitrogens with zero attached hydrogens (tertiary/aromatic N) is 1. The van der Waals surface area contributed by atoms with Crippen molar-refractivity contribution in [1.82, 2.24) is 10.2 Å². The summed E-state index contributed by atoms with van der Waals surface area (Å²) in [4.78, 5) is 2.35. The minimum Gasteiger partial charge on any atom is -0.378 e. The first-order chi connectivity index (χ1) is 8.12. The van der Waals surface area contributed by atoms with E-state index in [0.717, 1.165) is 39.1 Å². The van der Waals surface area contributed by atoms with Gasteiger partial charge in [-0.2, -0.15) is 0 Å². The Morgan fingerprint density at radius 1 is 1.47 bits per heavy atom. The van der Waals surface area contributed by atoms with Gasteiger partial charge < -0.3 is 10.1 Å². The molecule has 2 aliphatic rings. The lowest BCUT2D eigenvalue weighted by Gasteiger charge is -2.39. The molecule has 0 aromatic rings. The third-order valence-electron chi connectivity index (χ3n) is 3.68. The summed E-state index contributed by atoms with van der Waals surface area (Å²) in [6.07, 6.45) is 1.81. The van der Waals surface area contributed by atoms with E-state index in [0.29, 0.717) is 17.5 Å². The van der Waals surface area contributed by atoms with Crippen LogP contribution in [0.1, 0.15) is 12.8 Å². The molecule has 2 fully saturated rings. The fraction of sp³-hybridized carbons (Fsp3) is 1.00. The molecule has 2 saturated heterocycles. The number of rotatable bonds is 4. The number of ether oxygens (including phenoxy) is 1. The van der Waals surface area contributed by atoms with Gasteiger partial charge in [0, 0.05) is 18.6 Å². The summed E-state index contributed by atoms with van der Waals surface area (Å²) in [5.41, 5.74) is 0. The molecule has 0 aliphatic carbocycles. The van der Waals surface area contributed by atoms with Crippen molar-refractivity contribution in [3.05, 3.63) is 0 Å². The average molecular weight is 262 g/mol. The van der Waals surface area contributed by atoms with Gasteiger partial charge in [-0.3, -0.25) is 4.90 Å². The Labute approximate surface area is 103 Å². The van der Waals surface area contributed by atoms with E-state index in [1.54, 1.807) is 0 Å². The van der Waals surface area contributed by atoms with E-state index in [1.807, 2.05) is 7.05 Å². The van der Waals surface area contributed by atoms with Crippen LogP contribution in [0.4, 0.5) is 0 Å². The standard InChI is InChI=1S/C11H22N2O3S/c1-12-4-2-10-8-16-6-5-13(10)11-3-7-17(14,15)9-11/h10-12H,2-9H2,1H3. The van der Waals surface area contributed by atoms with Gasteiger partial charge in [0.2, 0.25) is 0 Å². The van der Waals surface area contributed by atoms with E-state index in [-0.39, 0.29) is 6.04 Å². The summed E-state index contributed by atoms with van der Waals surface area (Å²) in [7, 11) is -0.848. The van der Waals surface area contributed by atoms with Crippen molar-refractivity contribution < 1.29 is 13.2 Å². The van der Waals surface area contributed by atoms with Crippen molar-refractivity contribution in [2.24, 2.45) is 0 Å². The first-order valence-electron chi connectivity index (χ1n) is 6.31. The first kappa shape index (κ1) is 13.3. The maximum Gasteiger partial charge on any atom is 0.151 e. The van der Waals surface area contributed by atoms with Crippen LogP contribution in [-0.4, -0.2) is 70.3 Å². The smallest absolute Gasteiger partial charge is 0.151 e. The molecular weight excluding hydrogens is 240 g/mol. The molecule has 6 heteroatoms. The second-order valence-corrected chi connectivity index (χ2v) is 7.14. The normalized spacial score (nSPS) is 33.9. The molecule has 100 valence electrons. The van der Waals surface area contributed by atoms with E-state index in [2.05, 4.69) is 10.2 Å². The molecule has 2 rings (SSSR count). The van der Waals surface area contributed by atoms with Crippen LogP contribution in [-0.2, 0) is 14.6 Å². The number of morpholine rings is 1.